The van der Waals surface area contributed by atoms with Crippen LogP contribution in [0.3, 0.4) is 0 Å². The van der Waals surface area contributed by atoms with Crippen molar-refractivity contribution in [2.75, 3.05) is 0 Å². The zero-order valence-corrected chi connectivity index (χ0v) is 30.8. The van der Waals surface area contributed by atoms with Crippen molar-refractivity contribution in [2.45, 2.75) is 55.4 Å². The summed E-state index contributed by atoms with van der Waals surface area (Å²) < 4.78 is 6.14. The van der Waals surface area contributed by atoms with E-state index in [1.807, 2.05) is 12.1 Å². The molecule has 0 fully saturated rings. The molecule has 1 heterocycles. The molecule has 0 bridgehead atoms. The van der Waals surface area contributed by atoms with Crippen molar-refractivity contribution < 1.29 is 4.42 Å². The van der Waals surface area contributed by atoms with E-state index < -0.39 is 0 Å². The molecule has 0 aliphatic heterocycles. The molecule has 0 unspecified atom stereocenters. The maximum Gasteiger partial charge on any atom is 0.135 e. The highest BCUT2D eigenvalue weighted by atomic mass is 16.3. The van der Waals surface area contributed by atoms with E-state index in [-0.39, 0.29) is 0 Å². The summed E-state index contributed by atoms with van der Waals surface area (Å²) in [5, 5.41) is 10.3. The third-order valence-electron chi connectivity index (χ3n) is 12.3. The van der Waals surface area contributed by atoms with Gasteiger partial charge in [-0.05, 0) is 190 Å². The van der Waals surface area contributed by atoms with E-state index in [0.717, 1.165) is 21.9 Å². The van der Waals surface area contributed by atoms with Gasteiger partial charge in [0.05, 0.1) is 0 Å². The number of hydrogen-bond acceptors (Lipinski definition) is 1. The van der Waals surface area contributed by atoms with Crippen LogP contribution in [0.1, 0.15) is 44.5 Å². The molecule has 0 saturated carbocycles. The number of fused-ring (bicyclic) bond motifs is 6. The van der Waals surface area contributed by atoms with Gasteiger partial charge in [0.1, 0.15) is 11.2 Å². The summed E-state index contributed by atoms with van der Waals surface area (Å²) in [5.41, 5.74) is 20.5. The third kappa shape index (κ3) is 4.54. The Morgan fingerprint density at radius 3 is 1.37 bits per heavy atom. The first-order chi connectivity index (χ1) is 24.6. The topological polar surface area (TPSA) is 13.1 Å². The van der Waals surface area contributed by atoms with Gasteiger partial charge in [0.25, 0.3) is 0 Å². The Labute approximate surface area is 300 Å². The standard InChI is InChI=1S/C50H42O/c1-27-29(3)33(7)47-45(31(27)5)49(37-20-17-36(18-21-37)39-23-24-44-42(26-39)41-15-11-12-16-43(41)51-44)46-32(6)28(2)30(4)34(8)48(46)50(47)40-22-19-35-13-9-10-14-38(35)25-40/h9-26H,1-8H3. The van der Waals surface area contributed by atoms with E-state index in [9.17, 15) is 0 Å². The fraction of sp³-hybridized carbons (Fsp3) is 0.160. The molecule has 0 aliphatic carbocycles. The number of aryl methyl sites for hydroxylation is 4. The molecule has 8 aromatic carbocycles. The lowest BCUT2D eigenvalue weighted by atomic mass is 9.76. The Morgan fingerprint density at radius 2 is 0.765 bits per heavy atom. The van der Waals surface area contributed by atoms with Crippen molar-refractivity contribution >= 4 is 54.3 Å². The van der Waals surface area contributed by atoms with Crippen LogP contribution in [0, 0.1) is 55.4 Å². The van der Waals surface area contributed by atoms with Crippen LogP contribution in [0.25, 0.3) is 87.6 Å². The average Bonchev–Trinajstić information content (AvgIpc) is 3.54. The smallest absolute Gasteiger partial charge is 0.135 e. The van der Waals surface area contributed by atoms with E-state index in [4.69, 9.17) is 4.42 Å². The predicted octanol–water partition coefficient (Wildman–Crippen LogP) is 14.5. The molecule has 1 heteroatoms. The average molecular weight is 659 g/mol. The Morgan fingerprint density at radius 1 is 0.314 bits per heavy atom. The maximum absolute atomic E-state index is 6.14. The summed E-state index contributed by atoms with van der Waals surface area (Å²) in [6.07, 6.45) is 0. The molecular weight excluding hydrogens is 617 g/mol. The summed E-state index contributed by atoms with van der Waals surface area (Å²) >= 11 is 0. The number of hydrogen-bond donors (Lipinski definition) is 0. The van der Waals surface area contributed by atoms with Crippen LogP contribution < -0.4 is 0 Å². The van der Waals surface area contributed by atoms with Crippen LogP contribution >= 0.6 is 0 Å². The van der Waals surface area contributed by atoms with Gasteiger partial charge in [0.2, 0.25) is 0 Å². The lowest BCUT2D eigenvalue weighted by molar-refractivity contribution is 0.669. The summed E-state index contributed by atoms with van der Waals surface area (Å²) in [7, 11) is 0. The largest absolute Gasteiger partial charge is 0.456 e. The first kappa shape index (κ1) is 31.3. The number of furan rings is 1. The van der Waals surface area contributed by atoms with Gasteiger partial charge in [-0.1, -0.05) is 84.9 Å². The Bertz CT molecular complexity index is 2830. The molecule has 0 radical (unpaired) electrons. The van der Waals surface area contributed by atoms with Gasteiger partial charge >= 0.3 is 0 Å². The lowest BCUT2D eigenvalue weighted by Gasteiger charge is -2.27. The van der Waals surface area contributed by atoms with E-state index in [2.05, 4.69) is 152 Å². The lowest BCUT2D eigenvalue weighted by Crippen LogP contribution is -2.03. The van der Waals surface area contributed by atoms with Gasteiger partial charge in [0.15, 0.2) is 0 Å². The maximum atomic E-state index is 6.14. The number of benzene rings is 8. The highest BCUT2D eigenvalue weighted by Gasteiger charge is 2.26. The second kappa shape index (κ2) is 11.4. The quantitative estimate of drug-likeness (QED) is 0.172. The number of rotatable bonds is 3. The Kier molecular flexibility index (Phi) is 7.03. The van der Waals surface area contributed by atoms with Gasteiger partial charge in [-0.15, -0.1) is 0 Å². The fourth-order valence-electron chi connectivity index (χ4n) is 8.78. The normalized spacial score (nSPS) is 11.9. The minimum absolute atomic E-state index is 0.925. The summed E-state index contributed by atoms with van der Waals surface area (Å²) in [5.74, 6) is 0. The molecule has 248 valence electrons. The first-order valence-corrected chi connectivity index (χ1v) is 18.1. The summed E-state index contributed by atoms with van der Waals surface area (Å²) in [4.78, 5) is 0. The molecule has 51 heavy (non-hydrogen) atoms. The van der Waals surface area contributed by atoms with Gasteiger partial charge in [0, 0.05) is 10.8 Å². The van der Waals surface area contributed by atoms with E-state index in [1.54, 1.807) is 0 Å². The van der Waals surface area contributed by atoms with Crippen molar-refractivity contribution in [3.63, 3.8) is 0 Å². The molecule has 0 saturated heterocycles. The van der Waals surface area contributed by atoms with Crippen molar-refractivity contribution in [3.05, 3.63) is 154 Å². The minimum Gasteiger partial charge on any atom is -0.456 e. The van der Waals surface area contributed by atoms with E-state index in [0.29, 0.717) is 0 Å². The Hall–Kier alpha value is -5.66. The van der Waals surface area contributed by atoms with Gasteiger partial charge in [-0.2, -0.15) is 0 Å². The number of para-hydroxylation sites is 1. The second-order valence-corrected chi connectivity index (χ2v) is 14.7. The van der Waals surface area contributed by atoms with Gasteiger partial charge < -0.3 is 4.42 Å². The second-order valence-electron chi connectivity index (χ2n) is 14.7. The SMILES string of the molecule is Cc1c(C)c(C)c2c(-c3ccc4ccccc4c3)c3c(C)c(C)c(C)c(C)c3c(-c3ccc(-c4ccc5oc6ccccc6c5c4)cc3)c2c1C. The zero-order chi connectivity index (χ0) is 35.3. The van der Waals surface area contributed by atoms with Crippen LogP contribution in [0.5, 0.6) is 0 Å². The van der Waals surface area contributed by atoms with Crippen LogP contribution in [0.4, 0.5) is 0 Å². The molecule has 1 nitrogen and oxygen atoms in total. The summed E-state index contributed by atoms with van der Waals surface area (Å²) in [6.45, 7) is 18.6. The van der Waals surface area contributed by atoms with Crippen molar-refractivity contribution in [1.29, 1.82) is 0 Å². The van der Waals surface area contributed by atoms with E-state index >= 15 is 0 Å². The van der Waals surface area contributed by atoms with Crippen LogP contribution in [-0.2, 0) is 0 Å². The Balaban J connectivity index is 1.37. The van der Waals surface area contributed by atoms with Crippen molar-refractivity contribution in [3.8, 4) is 33.4 Å². The molecule has 0 amide bonds. The molecule has 0 N–H and O–H groups in total. The molecule has 0 atom stereocenters. The predicted molar refractivity (Wildman–Crippen MR) is 220 cm³/mol. The van der Waals surface area contributed by atoms with E-state index in [1.165, 1.54) is 110 Å². The summed E-state index contributed by atoms with van der Waals surface area (Å²) in [6, 6.07) is 40.0. The minimum atomic E-state index is 0.925. The first-order valence-electron chi connectivity index (χ1n) is 18.1. The van der Waals surface area contributed by atoms with Gasteiger partial charge in [-0.25, -0.2) is 0 Å². The van der Waals surface area contributed by atoms with Crippen LogP contribution in [-0.4, -0.2) is 0 Å². The van der Waals surface area contributed by atoms with Crippen LogP contribution in [0.15, 0.2) is 114 Å². The third-order valence-corrected chi connectivity index (χ3v) is 12.3. The molecule has 1 aromatic heterocycles. The highest BCUT2D eigenvalue weighted by Crippen LogP contribution is 2.51. The fourth-order valence-corrected chi connectivity index (χ4v) is 8.78. The highest BCUT2D eigenvalue weighted by molar-refractivity contribution is 6.25. The molecule has 0 spiro atoms. The zero-order valence-electron chi connectivity index (χ0n) is 30.8. The molecular formula is C50H42O. The van der Waals surface area contributed by atoms with Crippen molar-refractivity contribution in [1.82, 2.24) is 0 Å². The van der Waals surface area contributed by atoms with Crippen LogP contribution in [0.2, 0.25) is 0 Å². The monoisotopic (exact) mass is 658 g/mol. The molecule has 0 aliphatic rings. The van der Waals surface area contributed by atoms with Gasteiger partial charge in [-0.3, -0.25) is 0 Å². The van der Waals surface area contributed by atoms with Crippen molar-refractivity contribution in [2.24, 2.45) is 0 Å². The molecule has 9 aromatic rings. The molecule has 9 rings (SSSR count).